The topological polar surface area (TPSA) is 44.8 Å². The molecule has 4 nitrogen and oxygen atoms in total. The van der Waals surface area contributed by atoms with E-state index in [4.69, 9.17) is 14.2 Å². The summed E-state index contributed by atoms with van der Waals surface area (Å²) in [7, 11) is 1.66. The summed E-state index contributed by atoms with van der Waals surface area (Å²) in [6, 6.07) is 6.92. The molecule has 0 N–H and O–H groups in total. The molecule has 0 aliphatic carbocycles. The molecule has 0 amide bonds. The Bertz CT molecular complexity index is 332. The molecule has 1 rings (SSSR count). The summed E-state index contributed by atoms with van der Waals surface area (Å²) in [4.78, 5) is 11.4. The molecule has 0 saturated heterocycles. The van der Waals surface area contributed by atoms with Gasteiger partial charge in [0.1, 0.15) is 5.75 Å². The summed E-state index contributed by atoms with van der Waals surface area (Å²) in [5.41, 5.74) is 0.538. The second-order valence-corrected chi connectivity index (χ2v) is 3.44. The van der Waals surface area contributed by atoms with E-state index >= 15 is 0 Å². The Morgan fingerprint density at radius 3 is 2.47 bits per heavy atom. The third-order valence-electron chi connectivity index (χ3n) is 2.13. The molecule has 4 heteroatoms. The largest absolute Gasteiger partial charge is 0.494 e. The van der Waals surface area contributed by atoms with Crippen molar-refractivity contribution in [2.45, 2.75) is 13.3 Å². The van der Waals surface area contributed by atoms with Gasteiger partial charge in [-0.25, -0.2) is 4.79 Å². The number of methoxy groups -OCH3 is 1. The summed E-state index contributed by atoms with van der Waals surface area (Å²) in [5.74, 6) is 0.438. The van der Waals surface area contributed by atoms with Crippen LogP contribution in [0.1, 0.15) is 23.7 Å². The maximum atomic E-state index is 11.4. The lowest BCUT2D eigenvalue weighted by molar-refractivity contribution is 0.0526. The highest BCUT2D eigenvalue weighted by Crippen LogP contribution is 2.13. The van der Waals surface area contributed by atoms with Gasteiger partial charge >= 0.3 is 5.97 Å². The van der Waals surface area contributed by atoms with E-state index in [1.165, 1.54) is 0 Å². The molecule has 1 aromatic carbocycles. The van der Waals surface area contributed by atoms with E-state index in [1.54, 1.807) is 38.3 Å². The number of ether oxygens (including phenoxy) is 3. The van der Waals surface area contributed by atoms with E-state index in [-0.39, 0.29) is 5.97 Å². The molecule has 0 unspecified atom stereocenters. The van der Waals surface area contributed by atoms with Crippen LogP contribution in [0.5, 0.6) is 5.75 Å². The lowest BCUT2D eigenvalue weighted by Crippen LogP contribution is -2.05. The Hall–Kier alpha value is -1.55. The van der Waals surface area contributed by atoms with E-state index in [2.05, 4.69) is 0 Å². The highest BCUT2D eigenvalue weighted by Gasteiger charge is 2.05. The van der Waals surface area contributed by atoms with Crippen molar-refractivity contribution in [2.75, 3.05) is 26.9 Å². The quantitative estimate of drug-likeness (QED) is 0.540. The molecule has 0 heterocycles. The maximum absolute atomic E-state index is 11.4. The standard InChI is InChI=1S/C13H18O4/c1-3-16-13(14)11-5-7-12(8-6-11)17-10-4-9-15-2/h5-8H,3-4,9-10H2,1-2H3. The number of carbonyl (C=O) groups is 1. The normalized spacial score (nSPS) is 10.0. The molecule has 17 heavy (non-hydrogen) atoms. The van der Waals surface area contributed by atoms with Crippen molar-refractivity contribution >= 4 is 5.97 Å². The fourth-order valence-corrected chi connectivity index (χ4v) is 1.29. The van der Waals surface area contributed by atoms with E-state index in [1.807, 2.05) is 0 Å². The fourth-order valence-electron chi connectivity index (χ4n) is 1.29. The summed E-state index contributed by atoms with van der Waals surface area (Å²) < 4.78 is 15.3. The average molecular weight is 238 g/mol. The van der Waals surface area contributed by atoms with Gasteiger partial charge in [0, 0.05) is 20.1 Å². The van der Waals surface area contributed by atoms with Gasteiger partial charge in [-0.05, 0) is 31.2 Å². The van der Waals surface area contributed by atoms with E-state index in [0.29, 0.717) is 25.4 Å². The molecule has 1 aromatic rings. The zero-order chi connectivity index (χ0) is 12.5. The molecular weight excluding hydrogens is 220 g/mol. The Labute approximate surface area is 101 Å². The molecule has 0 aliphatic heterocycles. The number of hydrogen-bond donors (Lipinski definition) is 0. The van der Waals surface area contributed by atoms with E-state index in [0.717, 1.165) is 12.2 Å². The molecule has 0 bridgehead atoms. The molecule has 0 fully saturated rings. The Morgan fingerprint density at radius 1 is 1.18 bits per heavy atom. The van der Waals surface area contributed by atoms with Gasteiger partial charge < -0.3 is 14.2 Å². The van der Waals surface area contributed by atoms with Gasteiger partial charge in [0.25, 0.3) is 0 Å². The minimum atomic E-state index is -0.307. The van der Waals surface area contributed by atoms with Gasteiger partial charge in [0.15, 0.2) is 0 Å². The molecule has 94 valence electrons. The van der Waals surface area contributed by atoms with Crippen LogP contribution in [0.25, 0.3) is 0 Å². The second-order valence-electron chi connectivity index (χ2n) is 3.44. The van der Waals surface area contributed by atoms with Gasteiger partial charge in [-0.3, -0.25) is 0 Å². The first kappa shape index (κ1) is 13.5. The van der Waals surface area contributed by atoms with Gasteiger partial charge in [0.2, 0.25) is 0 Å². The molecule has 0 radical (unpaired) electrons. The third-order valence-corrected chi connectivity index (χ3v) is 2.13. The number of esters is 1. The van der Waals surface area contributed by atoms with Gasteiger partial charge in [-0.15, -0.1) is 0 Å². The zero-order valence-corrected chi connectivity index (χ0v) is 10.3. The number of carbonyl (C=O) groups excluding carboxylic acids is 1. The van der Waals surface area contributed by atoms with Crippen molar-refractivity contribution in [1.29, 1.82) is 0 Å². The smallest absolute Gasteiger partial charge is 0.338 e. The third kappa shape index (κ3) is 4.87. The van der Waals surface area contributed by atoms with Gasteiger partial charge in [-0.2, -0.15) is 0 Å². The first-order valence-corrected chi connectivity index (χ1v) is 5.67. The molecule has 0 aromatic heterocycles. The van der Waals surface area contributed by atoms with Crippen LogP contribution >= 0.6 is 0 Å². The lowest BCUT2D eigenvalue weighted by atomic mass is 10.2. The van der Waals surface area contributed by atoms with Crippen molar-refractivity contribution in [3.63, 3.8) is 0 Å². The fraction of sp³-hybridized carbons (Fsp3) is 0.462. The first-order valence-electron chi connectivity index (χ1n) is 5.67. The predicted molar refractivity (Wildman–Crippen MR) is 64.4 cm³/mol. The minimum absolute atomic E-state index is 0.307. The van der Waals surface area contributed by atoms with Crippen molar-refractivity contribution in [3.05, 3.63) is 29.8 Å². The monoisotopic (exact) mass is 238 g/mol. The first-order chi connectivity index (χ1) is 8.27. The second kappa shape index (κ2) is 7.68. The lowest BCUT2D eigenvalue weighted by Gasteiger charge is -2.06. The maximum Gasteiger partial charge on any atom is 0.338 e. The Balaban J connectivity index is 2.42. The summed E-state index contributed by atoms with van der Waals surface area (Å²) in [6.45, 7) is 3.45. The number of rotatable bonds is 7. The Kier molecular flexibility index (Phi) is 6.10. The highest BCUT2D eigenvalue weighted by molar-refractivity contribution is 5.89. The SMILES string of the molecule is CCOC(=O)c1ccc(OCCCOC)cc1. The minimum Gasteiger partial charge on any atom is -0.494 e. The number of benzene rings is 1. The summed E-state index contributed by atoms with van der Waals surface area (Å²) >= 11 is 0. The van der Waals surface area contributed by atoms with Crippen LogP contribution in [0.2, 0.25) is 0 Å². The van der Waals surface area contributed by atoms with Crippen LogP contribution in [0, 0.1) is 0 Å². The molecule has 0 atom stereocenters. The van der Waals surface area contributed by atoms with Gasteiger partial charge in [-0.1, -0.05) is 0 Å². The van der Waals surface area contributed by atoms with E-state index < -0.39 is 0 Å². The molecule has 0 aliphatic rings. The van der Waals surface area contributed by atoms with Crippen LogP contribution in [0.15, 0.2) is 24.3 Å². The van der Waals surface area contributed by atoms with Crippen molar-refractivity contribution in [2.24, 2.45) is 0 Å². The van der Waals surface area contributed by atoms with Crippen LogP contribution < -0.4 is 4.74 Å². The highest BCUT2D eigenvalue weighted by atomic mass is 16.5. The molecule has 0 saturated carbocycles. The summed E-state index contributed by atoms with van der Waals surface area (Å²) in [5, 5.41) is 0. The molecule has 0 spiro atoms. The van der Waals surface area contributed by atoms with E-state index in [9.17, 15) is 4.79 Å². The Morgan fingerprint density at radius 2 is 1.88 bits per heavy atom. The van der Waals surface area contributed by atoms with Crippen molar-refractivity contribution < 1.29 is 19.0 Å². The van der Waals surface area contributed by atoms with Crippen LogP contribution in [0.3, 0.4) is 0 Å². The number of hydrogen-bond acceptors (Lipinski definition) is 4. The molecular formula is C13H18O4. The van der Waals surface area contributed by atoms with Crippen molar-refractivity contribution in [3.8, 4) is 5.75 Å². The van der Waals surface area contributed by atoms with Crippen molar-refractivity contribution in [1.82, 2.24) is 0 Å². The predicted octanol–water partition coefficient (Wildman–Crippen LogP) is 2.28. The zero-order valence-electron chi connectivity index (χ0n) is 10.3. The average Bonchev–Trinajstić information content (AvgIpc) is 2.36. The summed E-state index contributed by atoms with van der Waals surface area (Å²) in [6.07, 6.45) is 0.843. The van der Waals surface area contributed by atoms with Gasteiger partial charge in [0.05, 0.1) is 18.8 Å². The van der Waals surface area contributed by atoms with Crippen LogP contribution in [0.4, 0.5) is 0 Å². The van der Waals surface area contributed by atoms with Crippen LogP contribution in [-0.4, -0.2) is 32.9 Å². The van der Waals surface area contributed by atoms with Crippen LogP contribution in [-0.2, 0) is 9.47 Å².